The Kier molecular flexibility index (Phi) is 157. The molecule has 7 heteroatoms. The van der Waals surface area contributed by atoms with Crippen molar-refractivity contribution in [3.05, 3.63) is 0 Å². The molecule has 0 aromatic carbocycles. The van der Waals surface area contributed by atoms with Crippen LogP contribution in [0.25, 0.3) is 0 Å². The van der Waals surface area contributed by atoms with Gasteiger partial charge in [0.25, 0.3) is 0 Å². The zero-order valence-electron chi connectivity index (χ0n) is 2.63. The molecule has 0 unspecified atom stereocenters. The molecule has 0 spiro atoms. The quantitative estimate of drug-likeness (QED) is 0.594. The van der Waals surface area contributed by atoms with Gasteiger partial charge in [-0.25, -0.2) is 0 Å². The summed E-state index contributed by atoms with van der Waals surface area (Å²) in [5.74, 6) is 0. The van der Waals surface area contributed by atoms with Crippen LogP contribution in [0, 0.1) is 0 Å². The van der Waals surface area contributed by atoms with Crippen molar-refractivity contribution in [1.82, 2.24) is 0 Å². The Morgan fingerprint density at radius 1 is 1.00 bits per heavy atom. The molecule has 0 saturated carbocycles. The van der Waals surface area contributed by atoms with E-state index in [1.54, 1.807) is 0 Å². The molecule has 7 heavy (non-hydrogen) atoms. The van der Waals surface area contributed by atoms with E-state index in [2.05, 4.69) is 0 Å². The van der Waals surface area contributed by atoms with Crippen molar-refractivity contribution in [2.45, 2.75) is 0 Å². The van der Waals surface area contributed by atoms with E-state index in [1.165, 1.54) is 0 Å². The second kappa shape index (κ2) is 34.6. The molecule has 0 rings (SSSR count). The number of hydrogen-bond acceptors (Lipinski definition) is 0. The first-order chi connectivity index (χ1) is 1.41. The summed E-state index contributed by atoms with van der Waals surface area (Å²) in [6, 6.07) is 0. The van der Waals surface area contributed by atoms with E-state index in [0.717, 1.165) is 0 Å². The van der Waals surface area contributed by atoms with Gasteiger partial charge in [-0.2, -0.15) is 0 Å². The van der Waals surface area contributed by atoms with Crippen LogP contribution in [0.1, 0.15) is 0 Å². The average molecular weight is 289 g/mol. The number of hydrogen-bond donors (Lipinski definition) is 0. The molecule has 0 nitrogen and oxygen atoms in total. The Bertz CT molecular complexity index is 11.7. The third-order valence-corrected chi connectivity index (χ3v) is 0. The minimum absolute atomic E-state index is 0. The van der Waals surface area contributed by atoms with Gasteiger partial charge >= 0.3 is 64.1 Å². The summed E-state index contributed by atoms with van der Waals surface area (Å²) >= 11 is -0.931. The van der Waals surface area contributed by atoms with E-state index in [-0.39, 0.29) is 71.4 Å². The van der Waals surface area contributed by atoms with Crippen molar-refractivity contribution in [2.24, 2.45) is 0 Å². The molecule has 0 heterocycles. The van der Waals surface area contributed by atoms with Crippen LogP contribution in [0.2, 0.25) is 0 Å². The van der Waals surface area contributed by atoms with E-state index in [0.29, 0.717) is 0 Å². The second-order valence-electron chi connectivity index (χ2n) is 0.101. The maximum atomic E-state index is 4.95. The molecule has 0 aliphatic heterocycles. The SMILES string of the molecule is Cl.Cl.[Cl][Zn][Cl].[Fe].[NaH]. The molecule has 0 N–H and O–H groups in total. The maximum absolute atomic E-state index is 4.95. The fraction of sp³-hybridized carbons (Fsp3) is 0. The van der Waals surface area contributed by atoms with Crippen LogP contribution >= 0.6 is 44.2 Å². The molecule has 0 aliphatic rings. The predicted octanol–water partition coefficient (Wildman–Crippen LogP) is 1.57. The Morgan fingerprint density at radius 3 is 1.00 bits per heavy atom. The summed E-state index contributed by atoms with van der Waals surface area (Å²) in [6.45, 7) is 0. The monoisotopic (exact) mass is 286 g/mol. The van der Waals surface area contributed by atoms with Crippen LogP contribution in [-0.4, -0.2) is 29.6 Å². The van der Waals surface area contributed by atoms with Gasteiger partial charge in [-0.05, 0) is 0 Å². The summed E-state index contributed by atoms with van der Waals surface area (Å²) in [4.78, 5) is 0. The van der Waals surface area contributed by atoms with E-state index in [1.807, 2.05) is 0 Å². The molecule has 0 aromatic heterocycles. The fourth-order valence-electron chi connectivity index (χ4n) is 0. The van der Waals surface area contributed by atoms with Crippen molar-refractivity contribution in [2.75, 3.05) is 0 Å². The molecule has 0 bridgehead atoms. The van der Waals surface area contributed by atoms with Crippen molar-refractivity contribution in [1.29, 1.82) is 0 Å². The van der Waals surface area contributed by atoms with Gasteiger partial charge in [0.1, 0.15) is 0 Å². The van der Waals surface area contributed by atoms with E-state index in [9.17, 15) is 0 Å². The summed E-state index contributed by atoms with van der Waals surface area (Å²) < 4.78 is 0. The van der Waals surface area contributed by atoms with E-state index < -0.39 is 15.1 Å². The predicted molar refractivity (Wildman–Crippen MR) is 33.4 cm³/mol. The molecule has 0 amide bonds. The molecular weight excluding hydrogens is 286 g/mol. The first-order valence-electron chi connectivity index (χ1n) is 0.535. The molecule has 0 fully saturated rings. The molecule has 0 radical (unpaired) electrons. The van der Waals surface area contributed by atoms with Gasteiger partial charge < -0.3 is 0 Å². The van der Waals surface area contributed by atoms with Gasteiger partial charge in [-0.15, -0.1) is 24.8 Å². The zero-order chi connectivity index (χ0) is 2.71. The van der Waals surface area contributed by atoms with Gasteiger partial charge in [0.15, 0.2) is 0 Å². The van der Waals surface area contributed by atoms with Crippen LogP contribution in [-0.2, 0) is 32.2 Å². The third-order valence-electron chi connectivity index (χ3n) is 0. The second-order valence-corrected chi connectivity index (χ2v) is 4.72. The summed E-state index contributed by atoms with van der Waals surface area (Å²) in [5, 5.41) is 0. The number of halogens is 4. The first kappa shape index (κ1) is 31.7. The molecule has 0 aromatic rings. The van der Waals surface area contributed by atoms with E-state index >= 15 is 0 Å². The van der Waals surface area contributed by atoms with Crippen molar-refractivity contribution >= 4 is 73.8 Å². The fourth-order valence-corrected chi connectivity index (χ4v) is 0. The normalized spacial score (nSPS) is 1.43. The van der Waals surface area contributed by atoms with Crippen molar-refractivity contribution in [3.63, 3.8) is 0 Å². The summed E-state index contributed by atoms with van der Waals surface area (Å²) in [6.07, 6.45) is 0. The Labute approximate surface area is 104 Å². The van der Waals surface area contributed by atoms with Crippen LogP contribution < -0.4 is 0 Å². The van der Waals surface area contributed by atoms with E-state index in [4.69, 9.17) is 19.4 Å². The van der Waals surface area contributed by atoms with Crippen molar-refractivity contribution < 1.29 is 32.2 Å². The van der Waals surface area contributed by atoms with Gasteiger partial charge in [-0.1, -0.05) is 0 Å². The van der Waals surface area contributed by atoms with Crippen molar-refractivity contribution in [3.8, 4) is 0 Å². The zero-order valence-corrected chi connectivity index (χ0v) is 9.85. The molecule has 0 aliphatic carbocycles. The van der Waals surface area contributed by atoms with Crippen LogP contribution in [0.4, 0.5) is 0 Å². The first-order valence-corrected chi connectivity index (χ1v) is 8.33. The molecule has 42 valence electrons. The molecular formula is H3Cl4FeNaZn. The van der Waals surface area contributed by atoms with Gasteiger partial charge in [-0.3, -0.25) is 0 Å². The summed E-state index contributed by atoms with van der Waals surface area (Å²) in [5.41, 5.74) is 0. The minimum atomic E-state index is -0.931. The molecule has 0 atom stereocenters. The topological polar surface area (TPSA) is 0 Å². The number of rotatable bonds is 0. The standard InChI is InChI=1S/4ClH.Fe.Na.Zn.H/h4*1H;;;;/q;;;;;;+2;/p-2. The molecule has 0 saturated heterocycles. The van der Waals surface area contributed by atoms with Gasteiger partial charge in [0.05, 0.1) is 0 Å². The van der Waals surface area contributed by atoms with Crippen LogP contribution in [0.15, 0.2) is 0 Å². The third kappa shape index (κ3) is 45.5. The Morgan fingerprint density at radius 2 is 1.00 bits per heavy atom. The van der Waals surface area contributed by atoms with Gasteiger partial charge in [0.2, 0.25) is 0 Å². The van der Waals surface area contributed by atoms with Crippen LogP contribution in [0.3, 0.4) is 0 Å². The summed E-state index contributed by atoms with van der Waals surface area (Å²) in [7, 11) is 9.90. The Hall–Kier alpha value is 3.30. The Balaban J connectivity index is -0.00000000333. The van der Waals surface area contributed by atoms with Gasteiger partial charge in [0, 0.05) is 17.1 Å². The van der Waals surface area contributed by atoms with Crippen LogP contribution in [0.5, 0.6) is 0 Å². The average Bonchev–Trinajstić information content (AvgIpc) is 0.918.